The van der Waals surface area contributed by atoms with Crippen LogP contribution in [0.3, 0.4) is 0 Å². The van der Waals surface area contributed by atoms with Crippen molar-refractivity contribution in [1.29, 1.82) is 0 Å². The molecule has 18 heavy (non-hydrogen) atoms. The van der Waals surface area contributed by atoms with Crippen molar-refractivity contribution in [2.45, 2.75) is 20.3 Å². The summed E-state index contributed by atoms with van der Waals surface area (Å²) in [5, 5.41) is 2.91. The number of hydrogen-bond acceptors (Lipinski definition) is 3. The molecule has 0 aliphatic heterocycles. The number of rotatable bonds is 7. The third kappa shape index (κ3) is 5.29. The van der Waals surface area contributed by atoms with Crippen molar-refractivity contribution < 1.29 is 4.79 Å². The van der Waals surface area contributed by atoms with Crippen molar-refractivity contribution in [2.75, 3.05) is 31.5 Å². The van der Waals surface area contributed by atoms with E-state index < -0.39 is 0 Å². The van der Waals surface area contributed by atoms with Crippen molar-refractivity contribution in [3.05, 3.63) is 29.8 Å². The average Bonchev–Trinajstić information content (AvgIpc) is 2.29. The summed E-state index contributed by atoms with van der Waals surface area (Å²) in [5.41, 5.74) is 7.52. The van der Waals surface area contributed by atoms with Crippen LogP contribution in [-0.4, -0.2) is 37.0 Å². The fourth-order valence-corrected chi connectivity index (χ4v) is 1.90. The Labute approximate surface area is 109 Å². The lowest BCUT2D eigenvalue weighted by atomic mass is 10.2. The molecular formula is C14H23N3O. The number of nitrogens with one attached hydrogen (secondary N) is 1. The van der Waals surface area contributed by atoms with Gasteiger partial charge in [0.15, 0.2) is 0 Å². The molecule has 0 fully saturated rings. The van der Waals surface area contributed by atoms with Gasteiger partial charge >= 0.3 is 0 Å². The van der Waals surface area contributed by atoms with E-state index in [4.69, 9.17) is 5.73 Å². The van der Waals surface area contributed by atoms with Gasteiger partial charge in [-0.1, -0.05) is 19.1 Å². The zero-order valence-corrected chi connectivity index (χ0v) is 11.3. The van der Waals surface area contributed by atoms with E-state index in [0.717, 1.165) is 30.8 Å². The van der Waals surface area contributed by atoms with Gasteiger partial charge in [-0.15, -0.1) is 0 Å². The highest BCUT2D eigenvalue weighted by atomic mass is 16.2. The number of carbonyl (C=O) groups is 1. The second-order valence-electron chi connectivity index (χ2n) is 4.48. The van der Waals surface area contributed by atoms with E-state index in [0.29, 0.717) is 13.1 Å². The molecule has 0 unspecified atom stereocenters. The highest BCUT2D eigenvalue weighted by molar-refractivity contribution is 5.92. The standard InChI is InChI=1S/C14H23N3O/c1-3-8-17(9-7-15)11-14(18)16-13-6-4-5-12(2)10-13/h4-6,10H,3,7-9,11,15H2,1-2H3,(H,16,18). The molecule has 1 aromatic carbocycles. The van der Waals surface area contributed by atoms with Crippen LogP contribution in [0.1, 0.15) is 18.9 Å². The maximum absolute atomic E-state index is 11.9. The van der Waals surface area contributed by atoms with E-state index >= 15 is 0 Å². The molecule has 4 nitrogen and oxygen atoms in total. The van der Waals surface area contributed by atoms with Crippen LogP contribution in [0.4, 0.5) is 5.69 Å². The average molecular weight is 249 g/mol. The molecule has 0 saturated carbocycles. The predicted molar refractivity (Wildman–Crippen MR) is 75.6 cm³/mol. The second kappa shape index (κ2) is 7.84. The maximum Gasteiger partial charge on any atom is 0.238 e. The summed E-state index contributed by atoms with van der Waals surface area (Å²) in [6.07, 6.45) is 1.03. The number of aryl methyl sites for hydroxylation is 1. The molecule has 0 heterocycles. The van der Waals surface area contributed by atoms with E-state index in [1.807, 2.05) is 31.2 Å². The summed E-state index contributed by atoms with van der Waals surface area (Å²) in [5.74, 6) is 0.0162. The van der Waals surface area contributed by atoms with Crippen LogP contribution in [0.15, 0.2) is 24.3 Å². The first-order chi connectivity index (χ1) is 8.65. The molecule has 0 atom stereocenters. The third-order valence-corrected chi connectivity index (χ3v) is 2.65. The molecule has 0 spiro atoms. The SMILES string of the molecule is CCCN(CCN)CC(=O)Nc1cccc(C)c1. The van der Waals surface area contributed by atoms with Gasteiger partial charge in [-0.25, -0.2) is 0 Å². The zero-order chi connectivity index (χ0) is 13.4. The van der Waals surface area contributed by atoms with E-state index in [1.54, 1.807) is 0 Å². The van der Waals surface area contributed by atoms with Gasteiger partial charge in [0.25, 0.3) is 0 Å². The third-order valence-electron chi connectivity index (χ3n) is 2.65. The molecule has 0 bridgehead atoms. The molecule has 0 radical (unpaired) electrons. The molecule has 0 saturated heterocycles. The van der Waals surface area contributed by atoms with Crippen LogP contribution in [-0.2, 0) is 4.79 Å². The Kier molecular flexibility index (Phi) is 6.39. The van der Waals surface area contributed by atoms with Crippen LogP contribution in [0.25, 0.3) is 0 Å². The van der Waals surface area contributed by atoms with Gasteiger partial charge in [-0.2, -0.15) is 0 Å². The minimum absolute atomic E-state index is 0.0162. The molecule has 3 N–H and O–H groups in total. The smallest absolute Gasteiger partial charge is 0.238 e. The van der Waals surface area contributed by atoms with Crippen LogP contribution >= 0.6 is 0 Å². The van der Waals surface area contributed by atoms with Crippen LogP contribution in [0, 0.1) is 6.92 Å². The molecule has 0 aliphatic carbocycles. The van der Waals surface area contributed by atoms with E-state index in [2.05, 4.69) is 17.1 Å². The Morgan fingerprint density at radius 1 is 1.39 bits per heavy atom. The molecule has 0 aliphatic rings. The van der Waals surface area contributed by atoms with Crippen LogP contribution in [0.5, 0.6) is 0 Å². The lowest BCUT2D eigenvalue weighted by Gasteiger charge is -2.20. The molecule has 1 aromatic rings. The summed E-state index contributed by atoms with van der Waals surface area (Å²) in [6, 6.07) is 7.81. The molecule has 100 valence electrons. The van der Waals surface area contributed by atoms with Crippen molar-refractivity contribution >= 4 is 11.6 Å². The van der Waals surface area contributed by atoms with Crippen molar-refractivity contribution in [1.82, 2.24) is 4.90 Å². The van der Waals surface area contributed by atoms with Crippen molar-refractivity contribution in [3.8, 4) is 0 Å². The Morgan fingerprint density at radius 2 is 2.17 bits per heavy atom. The Hall–Kier alpha value is -1.39. The largest absolute Gasteiger partial charge is 0.329 e. The van der Waals surface area contributed by atoms with E-state index in [-0.39, 0.29) is 5.91 Å². The lowest BCUT2D eigenvalue weighted by Crippen LogP contribution is -2.37. The number of nitrogens with two attached hydrogens (primary N) is 1. The highest BCUT2D eigenvalue weighted by Crippen LogP contribution is 2.09. The summed E-state index contributed by atoms with van der Waals surface area (Å²) in [7, 11) is 0. The molecule has 1 rings (SSSR count). The number of hydrogen-bond donors (Lipinski definition) is 2. The van der Waals surface area contributed by atoms with Gasteiger partial charge in [0.1, 0.15) is 0 Å². The summed E-state index contributed by atoms with van der Waals surface area (Å²) in [4.78, 5) is 14.0. The Bertz CT molecular complexity index is 373. The maximum atomic E-state index is 11.9. The number of anilines is 1. The number of nitrogens with zero attached hydrogens (tertiary/aromatic N) is 1. The second-order valence-corrected chi connectivity index (χ2v) is 4.48. The minimum Gasteiger partial charge on any atom is -0.329 e. The first kappa shape index (κ1) is 14.7. The Balaban J connectivity index is 2.49. The predicted octanol–water partition coefficient (Wildman–Crippen LogP) is 1.60. The van der Waals surface area contributed by atoms with E-state index in [9.17, 15) is 4.79 Å². The van der Waals surface area contributed by atoms with Crippen molar-refractivity contribution in [3.63, 3.8) is 0 Å². The monoisotopic (exact) mass is 249 g/mol. The first-order valence-electron chi connectivity index (χ1n) is 6.44. The van der Waals surface area contributed by atoms with Gasteiger partial charge < -0.3 is 11.1 Å². The fraction of sp³-hybridized carbons (Fsp3) is 0.500. The normalized spacial score (nSPS) is 10.7. The number of carbonyl (C=O) groups excluding carboxylic acids is 1. The number of amides is 1. The fourth-order valence-electron chi connectivity index (χ4n) is 1.90. The van der Waals surface area contributed by atoms with Gasteiger partial charge in [-0.3, -0.25) is 9.69 Å². The molecule has 0 aromatic heterocycles. The molecule has 1 amide bonds. The van der Waals surface area contributed by atoms with Gasteiger partial charge in [0, 0.05) is 18.8 Å². The number of benzene rings is 1. The summed E-state index contributed by atoms with van der Waals surface area (Å²) < 4.78 is 0. The summed E-state index contributed by atoms with van der Waals surface area (Å²) in [6.45, 7) is 6.75. The molecular weight excluding hydrogens is 226 g/mol. The lowest BCUT2D eigenvalue weighted by molar-refractivity contribution is -0.117. The summed E-state index contributed by atoms with van der Waals surface area (Å²) >= 11 is 0. The minimum atomic E-state index is 0.0162. The van der Waals surface area contributed by atoms with Gasteiger partial charge in [0.05, 0.1) is 6.54 Å². The van der Waals surface area contributed by atoms with Crippen LogP contribution < -0.4 is 11.1 Å². The quantitative estimate of drug-likeness (QED) is 0.771. The van der Waals surface area contributed by atoms with E-state index in [1.165, 1.54) is 0 Å². The first-order valence-corrected chi connectivity index (χ1v) is 6.44. The van der Waals surface area contributed by atoms with Crippen LogP contribution in [0.2, 0.25) is 0 Å². The van der Waals surface area contributed by atoms with Gasteiger partial charge in [0.2, 0.25) is 5.91 Å². The highest BCUT2D eigenvalue weighted by Gasteiger charge is 2.09. The zero-order valence-electron chi connectivity index (χ0n) is 11.3. The topological polar surface area (TPSA) is 58.4 Å². The van der Waals surface area contributed by atoms with Crippen molar-refractivity contribution in [2.24, 2.45) is 5.73 Å². The molecule has 4 heteroatoms. The van der Waals surface area contributed by atoms with Gasteiger partial charge in [-0.05, 0) is 37.6 Å². The Morgan fingerprint density at radius 3 is 2.78 bits per heavy atom.